The maximum atomic E-state index is 13.7. The van der Waals surface area contributed by atoms with Crippen molar-refractivity contribution in [1.29, 1.82) is 0 Å². The SMILES string of the molecule is CC1CCS(=O)CC(c2cccc(F)c2F)N1. The summed E-state index contributed by atoms with van der Waals surface area (Å²) in [4.78, 5) is 0. The molecule has 1 saturated heterocycles. The fraction of sp³-hybridized carbons (Fsp3) is 0.500. The van der Waals surface area contributed by atoms with E-state index in [1.54, 1.807) is 6.07 Å². The molecule has 2 rings (SSSR count). The van der Waals surface area contributed by atoms with Gasteiger partial charge in [-0.15, -0.1) is 0 Å². The number of halogens is 2. The Hall–Kier alpha value is -0.810. The average Bonchev–Trinajstić information content (AvgIpc) is 2.45. The molecule has 0 aromatic heterocycles. The van der Waals surface area contributed by atoms with E-state index >= 15 is 0 Å². The molecule has 3 unspecified atom stereocenters. The molecule has 5 heteroatoms. The van der Waals surface area contributed by atoms with Crippen molar-refractivity contribution in [3.8, 4) is 0 Å². The van der Waals surface area contributed by atoms with Gasteiger partial charge >= 0.3 is 0 Å². The van der Waals surface area contributed by atoms with Gasteiger partial charge in [0, 0.05) is 40.0 Å². The molecule has 2 nitrogen and oxygen atoms in total. The molecule has 0 bridgehead atoms. The maximum absolute atomic E-state index is 13.7. The monoisotopic (exact) mass is 259 g/mol. The molecule has 1 fully saturated rings. The van der Waals surface area contributed by atoms with Crippen LogP contribution >= 0.6 is 0 Å². The minimum absolute atomic E-state index is 0.161. The van der Waals surface area contributed by atoms with Crippen molar-refractivity contribution in [2.45, 2.75) is 25.4 Å². The summed E-state index contributed by atoms with van der Waals surface area (Å²) in [5, 5.41) is 3.19. The van der Waals surface area contributed by atoms with Gasteiger partial charge in [-0.3, -0.25) is 4.21 Å². The van der Waals surface area contributed by atoms with E-state index in [1.165, 1.54) is 6.07 Å². The normalized spacial score (nSPS) is 29.9. The highest BCUT2D eigenvalue weighted by Crippen LogP contribution is 2.23. The predicted octanol–water partition coefficient (Wildman–Crippen LogP) is 2.14. The van der Waals surface area contributed by atoms with Crippen molar-refractivity contribution in [2.24, 2.45) is 0 Å². The number of nitrogens with one attached hydrogen (secondary N) is 1. The van der Waals surface area contributed by atoms with Crippen molar-refractivity contribution in [3.05, 3.63) is 35.4 Å². The molecule has 0 aliphatic carbocycles. The molecule has 1 aromatic rings. The molecule has 1 aliphatic heterocycles. The average molecular weight is 259 g/mol. The zero-order valence-corrected chi connectivity index (χ0v) is 10.4. The standard InChI is InChI=1S/C12H15F2NOS/c1-8-5-6-17(16)7-11(15-8)9-3-2-4-10(13)12(9)14/h2-4,8,11,15H,5-7H2,1H3. The highest BCUT2D eigenvalue weighted by Gasteiger charge is 2.24. The van der Waals surface area contributed by atoms with Crippen LogP contribution in [0.1, 0.15) is 24.9 Å². The molecule has 94 valence electrons. The molecule has 0 saturated carbocycles. The first-order valence-electron chi connectivity index (χ1n) is 5.63. The lowest BCUT2D eigenvalue weighted by Gasteiger charge is -2.20. The molecule has 0 amide bonds. The van der Waals surface area contributed by atoms with E-state index in [2.05, 4.69) is 5.32 Å². The third-order valence-corrected chi connectivity index (χ3v) is 4.37. The minimum atomic E-state index is -0.975. The van der Waals surface area contributed by atoms with E-state index in [0.717, 1.165) is 12.5 Å². The van der Waals surface area contributed by atoms with Crippen LogP contribution in [0.4, 0.5) is 8.78 Å². The Morgan fingerprint density at radius 2 is 2.18 bits per heavy atom. The highest BCUT2D eigenvalue weighted by molar-refractivity contribution is 7.85. The second-order valence-corrected chi connectivity index (χ2v) is 5.98. The topological polar surface area (TPSA) is 29.1 Å². The van der Waals surface area contributed by atoms with Crippen molar-refractivity contribution in [1.82, 2.24) is 5.32 Å². The number of hydrogen-bond acceptors (Lipinski definition) is 2. The Morgan fingerprint density at radius 1 is 1.41 bits per heavy atom. The van der Waals surface area contributed by atoms with E-state index in [1.807, 2.05) is 6.92 Å². The summed E-state index contributed by atoms with van der Waals surface area (Å²) in [5.74, 6) is -0.741. The molecule has 17 heavy (non-hydrogen) atoms. The smallest absolute Gasteiger partial charge is 0.163 e. The molecule has 1 aromatic carbocycles. The molecule has 1 N–H and O–H groups in total. The van der Waals surface area contributed by atoms with Crippen LogP contribution in [0.2, 0.25) is 0 Å². The second-order valence-electron chi connectivity index (χ2n) is 4.36. The molecule has 1 aliphatic rings. The summed E-state index contributed by atoms with van der Waals surface area (Å²) in [7, 11) is -0.975. The van der Waals surface area contributed by atoms with Gasteiger partial charge in [0.05, 0.1) is 0 Å². The van der Waals surface area contributed by atoms with Crippen LogP contribution in [-0.4, -0.2) is 21.8 Å². The Morgan fingerprint density at radius 3 is 2.94 bits per heavy atom. The summed E-state index contributed by atoms with van der Waals surface area (Å²) in [6, 6.07) is 3.91. The van der Waals surface area contributed by atoms with E-state index in [-0.39, 0.29) is 17.6 Å². The van der Waals surface area contributed by atoms with Crippen molar-refractivity contribution >= 4 is 10.8 Å². The van der Waals surface area contributed by atoms with Gasteiger partial charge in [-0.05, 0) is 19.4 Å². The summed E-state index contributed by atoms with van der Waals surface area (Å²) < 4.78 is 38.5. The lowest BCUT2D eigenvalue weighted by molar-refractivity contribution is 0.446. The Labute approximate surface area is 102 Å². The third kappa shape index (κ3) is 2.90. The number of hydrogen-bond donors (Lipinski definition) is 1. The summed E-state index contributed by atoms with van der Waals surface area (Å²) in [6.07, 6.45) is 0.792. The van der Waals surface area contributed by atoms with E-state index in [4.69, 9.17) is 0 Å². The van der Waals surface area contributed by atoms with Crippen LogP contribution in [-0.2, 0) is 10.8 Å². The zero-order valence-electron chi connectivity index (χ0n) is 9.58. The van der Waals surface area contributed by atoms with Crippen LogP contribution in [0.5, 0.6) is 0 Å². The largest absolute Gasteiger partial charge is 0.307 e. The molecular weight excluding hydrogens is 244 g/mol. The zero-order chi connectivity index (χ0) is 12.4. The van der Waals surface area contributed by atoms with Gasteiger partial charge < -0.3 is 5.32 Å². The first-order chi connectivity index (χ1) is 8.08. The fourth-order valence-electron chi connectivity index (χ4n) is 2.02. The molecule has 0 radical (unpaired) electrons. The van der Waals surface area contributed by atoms with Crippen LogP contribution in [0, 0.1) is 11.6 Å². The molecule has 3 atom stereocenters. The van der Waals surface area contributed by atoms with Crippen LogP contribution < -0.4 is 5.32 Å². The van der Waals surface area contributed by atoms with Gasteiger partial charge in [-0.25, -0.2) is 8.78 Å². The molecular formula is C12H15F2NOS. The van der Waals surface area contributed by atoms with Gasteiger partial charge in [0.2, 0.25) is 0 Å². The van der Waals surface area contributed by atoms with Crippen molar-refractivity contribution in [2.75, 3.05) is 11.5 Å². The van der Waals surface area contributed by atoms with E-state index in [9.17, 15) is 13.0 Å². The third-order valence-electron chi connectivity index (χ3n) is 2.97. The predicted molar refractivity (Wildman–Crippen MR) is 64.2 cm³/mol. The lowest BCUT2D eigenvalue weighted by atomic mass is 10.1. The number of rotatable bonds is 1. The summed E-state index contributed by atoms with van der Waals surface area (Å²) in [5.41, 5.74) is 0.270. The lowest BCUT2D eigenvalue weighted by Crippen LogP contribution is -2.31. The summed E-state index contributed by atoms with van der Waals surface area (Å²) in [6.45, 7) is 1.97. The summed E-state index contributed by atoms with van der Waals surface area (Å²) >= 11 is 0. The maximum Gasteiger partial charge on any atom is 0.163 e. The Kier molecular flexibility index (Phi) is 3.89. The highest BCUT2D eigenvalue weighted by atomic mass is 32.2. The Balaban J connectivity index is 2.30. The van der Waals surface area contributed by atoms with Gasteiger partial charge in [0.25, 0.3) is 0 Å². The van der Waals surface area contributed by atoms with Gasteiger partial charge in [-0.1, -0.05) is 12.1 Å². The fourth-order valence-corrected chi connectivity index (χ4v) is 3.45. The quantitative estimate of drug-likeness (QED) is 0.837. The van der Waals surface area contributed by atoms with Crippen LogP contribution in [0.15, 0.2) is 18.2 Å². The van der Waals surface area contributed by atoms with E-state index < -0.39 is 22.4 Å². The van der Waals surface area contributed by atoms with Crippen molar-refractivity contribution in [3.63, 3.8) is 0 Å². The van der Waals surface area contributed by atoms with Gasteiger partial charge in [-0.2, -0.15) is 0 Å². The van der Waals surface area contributed by atoms with E-state index in [0.29, 0.717) is 11.5 Å². The minimum Gasteiger partial charge on any atom is -0.307 e. The second kappa shape index (κ2) is 5.23. The van der Waals surface area contributed by atoms with Gasteiger partial charge in [0.1, 0.15) is 0 Å². The molecule has 1 heterocycles. The first-order valence-corrected chi connectivity index (χ1v) is 7.11. The number of benzene rings is 1. The Bertz CT molecular complexity index is 439. The van der Waals surface area contributed by atoms with Crippen LogP contribution in [0.3, 0.4) is 0 Å². The van der Waals surface area contributed by atoms with Crippen LogP contribution in [0.25, 0.3) is 0 Å². The molecule has 0 spiro atoms. The first kappa shape index (κ1) is 12.6. The van der Waals surface area contributed by atoms with Crippen molar-refractivity contribution < 1.29 is 13.0 Å². The van der Waals surface area contributed by atoms with Gasteiger partial charge in [0.15, 0.2) is 11.6 Å².